The number of anilines is 1. The molecule has 21 heavy (non-hydrogen) atoms. The lowest BCUT2D eigenvalue weighted by molar-refractivity contribution is 0.0942. The van der Waals surface area contributed by atoms with Gasteiger partial charge in [0, 0.05) is 30.8 Å². The largest absolute Gasteiger partial charge is 0.396 e. The second-order valence-electron chi connectivity index (χ2n) is 5.47. The Labute approximate surface area is 126 Å². The van der Waals surface area contributed by atoms with Crippen LogP contribution in [0.1, 0.15) is 36.5 Å². The molecule has 1 aliphatic carbocycles. The van der Waals surface area contributed by atoms with Gasteiger partial charge in [0.25, 0.3) is 5.91 Å². The highest BCUT2D eigenvalue weighted by Crippen LogP contribution is 2.19. The molecule has 0 bridgehead atoms. The van der Waals surface area contributed by atoms with E-state index in [1.807, 2.05) is 36.4 Å². The van der Waals surface area contributed by atoms with Gasteiger partial charge in [0.05, 0.1) is 5.56 Å². The maximum Gasteiger partial charge on any atom is 0.253 e. The first-order valence-electron chi connectivity index (χ1n) is 7.67. The van der Waals surface area contributed by atoms with Gasteiger partial charge in [0.1, 0.15) is 0 Å². The van der Waals surface area contributed by atoms with Crippen molar-refractivity contribution in [3.63, 3.8) is 0 Å². The van der Waals surface area contributed by atoms with Crippen molar-refractivity contribution in [2.24, 2.45) is 5.92 Å². The number of hydrogen-bond acceptors (Lipinski definition) is 3. The molecule has 114 valence electrons. The van der Waals surface area contributed by atoms with Gasteiger partial charge in [-0.15, -0.1) is 0 Å². The lowest BCUT2D eigenvalue weighted by atomic mass is 10.1. The van der Waals surface area contributed by atoms with E-state index in [0.717, 1.165) is 31.5 Å². The number of aliphatic hydroxyl groups excluding tert-OH is 1. The first-order valence-corrected chi connectivity index (χ1v) is 7.67. The molecule has 0 aromatic heterocycles. The predicted octanol–water partition coefficient (Wildman–Crippen LogP) is 2.57. The molecule has 0 saturated carbocycles. The van der Waals surface area contributed by atoms with E-state index in [1.54, 1.807) is 0 Å². The summed E-state index contributed by atoms with van der Waals surface area (Å²) in [6.45, 7) is 3.15. The van der Waals surface area contributed by atoms with E-state index in [9.17, 15) is 4.79 Å². The molecule has 0 aliphatic heterocycles. The van der Waals surface area contributed by atoms with E-state index in [2.05, 4.69) is 17.6 Å². The standard InChI is InChI=1S/C17H24N2O2/c1-2-3-10-18-16-7-5-4-6-15(16)17(21)19-14-9-8-13(11-14)12-20/h4-9,13-14,18,20H,2-3,10-12H2,1H3,(H,19,21)/t13-,14+/m0/s1. The minimum atomic E-state index is -0.0668. The zero-order chi connectivity index (χ0) is 15.1. The van der Waals surface area contributed by atoms with Crippen LogP contribution in [-0.4, -0.2) is 30.2 Å². The lowest BCUT2D eigenvalue weighted by Crippen LogP contribution is -2.33. The zero-order valence-electron chi connectivity index (χ0n) is 12.5. The van der Waals surface area contributed by atoms with Gasteiger partial charge in [-0.1, -0.05) is 37.6 Å². The normalized spacial score (nSPS) is 20.5. The number of para-hydroxylation sites is 1. The number of carbonyl (C=O) groups is 1. The first-order chi connectivity index (χ1) is 10.2. The molecule has 4 heteroatoms. The molecule has 2 rings (SSSR count). The zero-order valence-corrected chi connectivity index (χ0v) is 12.5. The Balaban J connectivity index is 1.97. The number of nitrogens with one attached hydrogen (secondary N) is 2. The lowest BCUT2D eigenvalue weighted by Gasteiger charge is -2.15. The average molecular weight is 288 g/mol. The number of rotatable bonds is 7. The van der Waals surface area contributed by atoms with Crippen LogP contribution >= 0.6 is 0 Å². The fourth-order valence-corrected chi connectivity index (χ4v) is 2.50. The third-order valence-electron chi connectivity index (χ3n) is 3.74. The Morgan fingerprint density at radius 2 is 2.14 bits per heavy atom. The predicted molar refractivity (Wildman–Crippen MR) is 85.4 cm³/mol. The maximum atomic E-state index is 12.4. The molecule has 1 aromatic rings. The van der Waals surface area contributed by atoms with E-state index in [4.69, 9.17) is 5.11 Å². The Hall–Kier alpha value is -1.81. The summed E-state index contributed by atoms with van der Waals surface area (Å²) in [6.07, 6.45) is 6.91. The van der Waals surface area contributed by atoms with Gasteiger partial charge in [-0.3, -0.25) is 4.79 Å². The van der Waals surface area contributed by atoms with Crippen molar-refractivity contribution in [1.29, 1.82) is 0 Å². The second kappa shape index (κ2) is 7.84. The molecule has 1 amide bonds. The topological polar surface area (TPSA) is 61.4 Å². The first kappa shape index (κ1) is 15.6. The fraction of sp³-hybridized carbons (Fsp3) is 0.471. The van der Waals surface area contributed by atoms with Crippen molar-refractivity contribution >= 4 is 11.6 Å². The van der Waals surface area contributed by atoms with Crippen molar-refractivity contribution in [2.75, 3.05) is 18.5 Å². The molecule has 1 aliphatic rings. The summed E-state index contributed by atoms with van der Waals surface area (Å²) in [7, 11) is 0. The molecule has 0 saturated heterocycles. The highest BCUT2D eigenvalue weighted by atomic mass is 16.3. The number of amides is 1. The van der Waals surface area contributed by atoms with Gasteiger partial charge in [-0.2, -0.15) is 0 Å². The van der Waals surface area contributed by atoms with E-state index < -0.39 is 0 Å². The quantitative estimate of drug-likeness (QED) is 0.534. The molecular weight excluding hydrogens is 264 g/mol. The molecule has 3 N–H and O–H groups in total. The highest BCUT2D eigenvalue weighted by molar-refractivity contribution is 5.99. The van der Waals surface area contributed by atoms with Crippen LogP contribution in [0.25, 0.3) is 0 Å². The summed E-state index contributed by atoms with van der Waals surface area (Å²) in [5, 5.41) is 15.5. The van der Waals surface area contributed by atoms with Crippen LogP contribution in [0.2, 0.25) is 0 Å². The third kappa shape index (κ3) is 4.33. The van der Waals surface area contributed by atoms with Crippen molar-refractivity contribution in [2.45, 2.75) is 32.2 Å². The Morgan fingerprint density at radius 3 is 2.86 bits per heavy atom. The van der Waals surface area contributed by atoms with Crippen LogP contribution in [0, 0.1) is 5.92 Å². The van der Waals surface area contributed by atoms with Crippen LogP contribution < -0.4 is 10.6 Å². The van der Waals surface area contributed by atoms with Crippen LogP contribution in [0.4, 0.5) is 5.69 Å². The van der Waals surface area contributed by atoms with Crippen molar-refractivity contribution < 1.29 is 9.90 Å². The maximum absolute atomic E-state index is 12.4. The molecule has 0 unspecified atom stereocenters. The molecule has 4 nitrogen and oxygen atoms in total. The number of hydrogen-bond donors (Lipinski definition) is 3. The van der Waals surface area contributed by atoms with Crippen molar-refractivity contribution in [3.8, 4) is 0 Å². The highest BCUT2D eigenvalue weighted by Gasteiger charge is 2.21. The molecular formula is C17H24N2O2. The molecule has 1 aromatic carbocycles. The number of aliphatic hydroxyl groups is 1. The van der Waals surface area contributed by atoms with Gasteiger partial charge in [-0.05, 0) is 25.0 Å². The molecule has 0 fully saturated rings. The number of unbranched alkanes of at least 4 members (excludes halogenated alkanes) is 1. The molecule has 0 spiro atoms. The molecule has 0 heterocycles. The van der Waals surface area contributed by atoms with Crippen molar-refractivity contribution in [1.82, 2.24) is 5.32 Å². The van der Waals surface area contributed by atoms with Gasteiger partial charge < -0.3 is 15.7 Å². The van der Waals surface area contributed by atoms with Crippen LogP contribution in [0.5, 0.6) is 0 Å². The van der Waals surface area contributed by atoms with Crippen LogP contribution in [0.15, 0.2) is 36.4 Å². The second-order valence-corrected chi connectivity index (χ2v) is 5.47. The Morgan fingerprint density at radius 1 is 1.33 bits per heavy atom. The van der Waals surface area contributed by atoms with E-state index in [1.165, 1.54) is 0 Å². The Bertz CT molecular complexity index is 499. The van der Waals surface area contributed by atoms with E-state index in [0.29, 0.717) is 5.56 Å². The van der Waals surface area contributed by atoms with Crippen LogP contribution in [0.3, 0.4) is 0 Å². The summed E-state index contributed by atoms with van der Waals surface area (Å²) in [4.78, 5) is 12.4. The van der Waals surface area contributed by atoms with E-state index in [-0.39, 0.29) is 24.5 Å². The van der Waals surface area contributed by atoms with Gasteiger partial charge in [0.2, 0.25) is 0 Å². The average Bonchev–Trinajstić information content (AvgIpc) is 2.95. The molecule has 2 atom stereocenters. The van der Waals surface area contributed by atoms with Gasteiger partial charge in [0.15, 0.2) is 0 Å². The Kier molecular flexibility index (Phi) is 5.81. The van der Waals surface area contributed by atoms with Gasteiger partial charge >= 0.3 is 0 Å². The monoisotopic (exact) mass is 288 g/mol. The summed E-state index contributed by atoms with van der Waals surface area (Å²) in [6, 6.07) is 7.60. The third-order valence-corrected chi connectivity index (χ3v) is 3.74. The smallest absolute Gasteiger partial charge is 0.253 e. The minimum Gasteiger partial charge on any atom is -0.396 e. The summed E-state index contributed by atoms with van der Waals surface area (Å²) in [5.74, 6) is 0.0936. The molecule has 0 radical (unpaired) electrons. The van der Waals surface area contributed by atoms with Crippen LogP contribution in [-0.2, 0) is 0 Å². The summed E-state index contributed by atoms with van der Waals surface area (Å²) < 4.78 is 0. The minimum absolute atomic E-state index is 0.0124. The number of carbonyl (C=O) groups excluding carboxylic acids is 1. The van der Waals surface area contributed by atoms with Gasteiger partial charge in [-0.25, -0.2) is 0 Å². The SMILES string of the molecule is CCCCNc1ccccc1C(=O)N[C@@H]1C=C[C@H](CO)C1. The summed E-state index contributed by atoms with van der Waals surface area (Å²) in [5.41, 5.74) is 1.55. The fourth-order valence-electron chi connectivity index (χ4n) is 2.50. The summed E-state index contributed by atoms with van der Waals surface area (Å²) >= 11 is 0. The number of benzene rings is 1. The van der Waals surface area contributed by atoms with E-state index >= 15 is 0 Å². The van der Waals surface area contributed by atoms with Crippen molar-refractivity contribution in [3.05, 3.63) is 42.0 Å².